The molecular weight excluding hydrogens is 221 g/mol. The molecule has 0 atom stereocenters. The van der Waals surface area contributed by atoms with Gasteiger partial charge in [-0.3, -0.25) is 4.98 Å². The van der Waals surface area contributed by atoms with Gasteiger partial charge in [0, 0.05) is 19.5 Å². The smallest absolute Gasteiger partial charge is 0.141 e. The summed E-state index contributed by atoms with van der Waals surface area (Å²) >= 11 is 0. The van der Waals surface area contributed by atoms with Crippen molar-refractivity contribution in [1.82, 2.24) is 25.3 Å². The average molecular weight is 233 g/mol. The van der Waals surface area contributed by atoms with Crippen molar-refractivity contribution in [3.05, 3.63) is 41.2 Å². The van der Waals surface area contributed by atoms with Gasteiger partial charge in [-0.2, -0.15) is 0 Å². The molecule has 88 valence electrons. The van der Waals surface area contributed by atoms with Gasteiger partial charge < -0.3 is 5.32 Å². The molecule has 0 fully saturated rings. The van der Waals surface area contributed by atoms with Crippen molar-refractivity contribution in [3.63, 3.8) is 0 Å². The minimum Gasteiger partial charge on any atom is -0.311 e. The molecule has 0 aromatic carbocycles. The van der Waals surface area contributed by atoms with Gasteiger partial charge in [-0.05, 0) is 12.1 Å². The van der Waals surface area contributed by atoms with E-state index in [-0.39, 0.29) is 5.82 Å². The highest BCUT2D eigenvalue weighted by molar-refractivity contribution is 5.15. The quantitative estimate of drug-likeness (QED) is 0.821. The van der Waals surface area contributed by atoms with Gasteiger partial charge in [0.15, 0.2) is 0 Å². The Labute approximate surface area is 97.7 Å². The molecule has 0 aliphatic carbocycles. The number of nitrogens with one attached hydrogen (secondary N) is 1. The predicted octanol–water partition coefficient (Wildman–Crippen LogP) is 0.506. The highest BCUT2D eigenvalue weighted by atomic mass is 19.1. The van der Waals surface area contributed by atoms with Crippen LogP contribution in [0.4, 0.5) is 4.39 Å². The third-order valence-electron chi connectivity index (χ3n) is 2.85. The van der Waals surface area contributed by atoms with Crippen molar-refractivity contribution < 1.29 is 4.39 Å². The number of hydrogen-bond donors (Lipinski definition) is 1. The summed E-state index contributed by atoms with van der Waals surface area (Å²) in [5.74, 6) is -0.321. The van der Waals surface area contributed by atoms with Crippen molar-refractivity contribution in [2.45, 2.75) is 19.5 Å². The summed E-state index contributed by atoms with van der Waals surface area (Å²) < 4.78 is 14.6. The van der Waals surface area contributed by atoms with Gasteiger partial charge in [0.05, 0.1) is 29.8 Å². The Morgan fingerprint density at radius 1 is 1.41 bits per heavy atom. The molecule has 2 aromatic rings. The van der Waals surface area contributed by atoms with Gasteiger partial charge in [0.25, 0.3) is 0 Å². The lowest BCUT2D eigenvalue weighted by atomic mass is 10.2. The largest absolute Gasteiger partial charge is 0.311 e. The van der Waals surface area contributed by atoms with E-state index in [1.807, 2.05) is 4.68 Å². The molecule has 0 radical (unpaired) electrons. The van der Waals surface area contributed by atoms with Gasteiger partial charge >= 0.3 is 0 Å². The Bertz CT molecular complexity index is 519. The van der Waals surface area contributed by atoms with Crippen LogP contribution in [0.1, 0.15) is 17.1 Å². The van der Waals surface area contributed by atoms with Crippen LogP contribution in [0, 0.1) is 5.82 Å². The van der Waals surface area contributed by atoms with Crippen LogP contribution < -0.4 is 5.32 Å². The molecule has 0 unspecified atom stereocenters. The molecule has 0 bridgehead atoms. The van der Waals surface area contributed by atoms with Crippen LogP contribution in [0.25, 0.3) is 0 Å². The van der Waals surface area contributed by atoms with Crippen LogP contribution in [0.5, 0.6) is 0 Å². The second kappa shape index (κ2) is 4.21. The summed E-state index contributed by atoms with van der Waals surface area (Å²) in [6, 6.07) is 3.08. The van der Waals surface area contributed by atoms with Crippen LogP contribution in [-0.4, -0.2) is 26.5 Å². The topological polar surface area (TPSA) is 55.6 Å². The van der Waals surface area contributed by atoms with E-state index in [0.717, 1.165) is 36.6 Å². The summed E-state index contributed by atoms with van der Waals surface area (Å²) in [6.45, 7) is 2.26. The zero-order chi connectivity index (χ0) is 11.7. The third-order valence-corrected chi connectivity index (χ3v) is 2.85. The summed E-state index contributed by atoms with van der Waals surface area (Å²) in [5.41, 5.74) is 2.94. The third kappa shape index (κ3) is 2.03. The normalized spacial score (nSPS) is 14.6. The average Bonchev–Trinajstić information content (AvgIpc) is 2.76. The Morgan fingerprint density at radius 2 is 2.35 bits per heavy atom. The van der Waals surface area contributed by atoms with E-state index in [2.05, 4.69) is 20.6 Å². The molecule has 0 saturated heterocycles. The van der Waals surface area contributed by atoms with Gasteiger partial charge in [0.2, 0.25) is 0 Å². The predicted molar refractivity (Wildman–Crippen MR) is 58.7 cm³/mol. The number of hydrogen-bond acceptors (Lipinski definition) is 4. The van der Waals surface area contributed by atoms with E-state index in [1.165, 1.54) is 12.3 Å². The first kappa shape index (κ1) is 10.3. The minimum absolute atomic E-state index is 0.321. The standard InChI is InChI=1S/C11H12FN5/c12-8-1-2-9(14-5-8)7-17-11-3-4-13-6-10(11)15-16-17/h1-2,5,13H,3-4,6-7H2. The molecule has 5 nitrogen and oxygen atoms in total. The minimum atomic E-state index is -0.321. The molecule has 0 spiro atoms. The maximum atomic E-state index is 12.7. The fraction of sp³-hybridized carbons (Fsp3) is 0.364. The Morgan fingerprint density at radius 3 is 3.18 bits per heavy atom. The van der Waals surface area contributed by atoms with Crippen LogP contribution in [0.15, 0.2) is 18.3 Å². The van der Waals surface area contributed by atoms with E-state index < -0.39 is 0 Å². The molecule has 3 heterocycles. The summed E-state index contributed by atoms with van der Waals surface area (Å²) in [7, 11) is 0. The second-order valence-corrected chi connectivity index (χ2v) is 4.04. The summed E-state index contributed by atoms with van der Waals surface area (Å²) in [5, 5.41) is 11.5. The Kier molecular flexibility index (Phi) is 2.56. The highest BCUT2D eigenvalue weighted by Gasteiger charge is 2.16. The maximum Gasteiger partial charge on any atom is 0.141 e. The van der Waals surface area contributed by atoms with Gasteiger partial charge in [-0.1, -0.05) is 5.21 Å². The molecule has 0 amide bonds. The molecule has 6 heteroatoms. The number of fused-ring (bicyclic) bond motifs is 1. The van der Waals surface area contributed by atoms with Gasteiger partial charge in [-0.25, -0.2) is 9.07 Å². The fourth-order valence-corrected chi connectivity index (χ4v) is 1.97. The molecular formula is C11H12FN5. The number of pyridine rings is 1. The molecule has 3 rings (SSSR count). The first-order chi connectivity index (χ1) is 8.33. The number of rotatable bonds is 2. The summed E-state index contributed by atoms with van der Waals surface area (Å²) in [4.78, 5) is 4.02. The maximum absolute atomic E-state index is 12.7. The van der Waals surface area contributed by atoms with E-state index in [9.17, 15) is 4.39 Å². The zero-order valence-corrected chi connectivity index (χ0v) is 9.23. The highest BCUT2D eigenvalue weighted by Crippen LogP contribution is 2.11. The first-order valence-corrected chi connectivity index (χ1v) is 5.55. The Balaban J connectivity index is 1.85. The van der Waals surface area contributed by atoms with Gasteiger partial charge in [-0.15, -0.1) is 5.10 Å². The van der Waals surface area contributed by atoms with Crippen molar-refractivity contribution in [1.29, 1.82) is 0 Å². The zero-order valence-electron chi connectivity index (χ0n) is 9.23. The molecule has 2 aromatic heterocycles. The molecule has 1 aliphatic heterocycles. The first-order valence-electron chi connectivity index (χ1n) is 5.55. The summed E-state index contributed by atoms with van der Waals surface area (Å²) in [6.07, 6.45) is 2.14. The molecule has 17 heavy (non-hydrogen) atoms. The Hall–Kier alpha value is -1.82. The lowest BCUT2D eigenvalue weighted by Crippen LogP contribution is -2.25. The molecule has 1 N–H and O–H groups in total. The second-order valence-electron chi connectivity index (χ2n) is 4.04. The van der Waals surface area contributed by atoms with Crippen molar-refractivity contribution in [3.8, 4) is 0 Å². The van der Waals surface area contributed by atoms with Crippen LogP contribution in [-0.2, 0) is 19.5 Å². The SMILES string of the molecule is Fc1ccc(Cn2nnc3c2CCNC3)nc1. The van der Waals surface area contributed by atoms with Crippen molar-refractivity contribution in [2.24, 2.45) is 0 Å². The van der Waals surface area contributed by atoms with E-state index in [1.54, 1.807) is 6.07 Å². The van der Waals surface area contributed by atoms with Crippen molar-refractivity contribution >= 4 is 0 Å². The van der Waals surface area contributed by atoms with Crippen molar-refractivity contribution in [2.75, 3.05) is 6.54 Å². The number of aromatic nitrogens is 4. The lowest BCUT2D eigenvalue weighted by Gasteiger charge is -2.13. The lowest BCUT2D eigenvalue weighted by molar-refractivity contribution is 0.572. The monoisotopic (exact) mass is 233 g/mol. The number of halogens is 1. The van der Waals surface area contributed by atoms with Crippen LogP contribution in [0.2, 0.25) is 0 Å². The molecule has 1 aliphatic rings. The van der Waals surface area contributed by atoms with E-state index in [4.69, 9.17) is 0 Å². The van der Waals surface area contributed by atoms with E-state index >= 15 is 0 Å². The number of nitrogens with zero attached hydrogens (tertiary/aromatic N) is 4. The van der Waals surface area contributed by atoms with Crippen LogP contribution >= 0.6 is 0 Å². The van der Waals surface area contributed by atoms with E-state index in [0.29, 0.717) is 6.54 Å². The van der Waals surface area contributed by atoms with Gasteiger partial charge in [0.1, 0.15) is 5.82 Å². The van der Waals surface area contributed by atoms with Crippen LogP contribution in [0.3, 0.4) is 0 Å². The fourth-order valence-electron chi connectivity index (χ4n) is 1.97. The molecule has 0 saturated carbocycles.